The summed E-state index contributed by atoms with van der Waals surface area (Å²) in [4.78, 5) is 22.0. The Kier molecular flexibility index (Phi) is 2.76. The summed E-state index contributed by atoms with van der Waals surface area (Å²) in [6.45, 7) is 1.70. The number of pyridine rings is 1. The van der Waals surface area contributed by atoms with Gasteiger partial charge in [-0.1, -0.05) is 0 Å². The Hall–Kier alpha value is -2.24. The van der Waals surface area contributed by atoms with Crippen LogP contribution in [0.3, 0.4) is 0 Å². The first-order chi connectivity index (χ1) is 8.84. The zero-order valence-electron chi connectivity index (χ0n) is 9.86. The van der Waals surface area contributed by atoms with Gasteiger partial charge in [0.25, 0.3) is 5.91 Å². The van der Waals surface area contributed by atoms with Gasteiger partial charge in [0, 0.05) is 19.3 Å². The first-order valence-corrected chi connectivity index (χ1v) is 5.95. The second kappa shape index (κ2) is 4.56. The Balaban J connectivity index is 1.80. The number of rotatable bonds is 2. The SMILES string of the molecule is O=C(c1ccc(-n2cncn2)nc1)N1CCCC1. The molecule has 0 aromatic carbocycles. The van der Waals surface area contributed by atoms with Gasteiger partial charge in [-0.15, -0.1) is 0 Å². The lowest BCUT2D eigenvalue weighted by Gasteiger charge is -2.14. The number of likely N-dealkylation sites (tertiary alicyclic amines) is 1. The first kappa shape index (κ1) is 10.9. The summed E-state index contributed by atoms with van der Waals surface area (Å²) >= 11 is 0. The quantitative estimate of drug-likeness (QED) is 0.786. The van der Waals surface area contributed by atoms with Crippen molar-refractivity contribution in [2.24, 2.45) is 0 Å². The van der Waals surface area contributed by atoms with Crippen molar-refractivity contribution in [3.05, 3.63) is 36.5 Å². The van der Waals surface area contributed by atoms with E-state index in [0.29, 0.717) is 11.4 Å². The molecule has 0 N–H and O–H groups in total. The number of carbonyl (C=O) groups is 1. The average molecular weight is 243 g/mol. The highest BCUT2D eigenvalue weighted by Crippen LogP contribution is 2.13. The highest BCUT2D eigenvalue weighted by atomic mass is 16.2. The smallest absolute Gasteiger partial charge is 0.255 e. The van der Waals surface area contributed by atoms with Gasteiger partial charge in [-0.2, -0.15) is 5.10 Å². The van der Waals surface area contributed by atoms with Crippen molar-refractivity contribution in [3.63, 3.8) is 0 Å². The van der Waals surface area contributed by atoms with E-state index in [9.17, 15) is 4.79 Å². The minimum Gasteiger partial charge on any atom is -0.339 e. The van der Waals surface area contributed by atoms with Gasteiger partial charge in [-0.25, -0.2) is 14.6 Å². The summed E-state index contributed by atoms with van der Waals surface area (Å²) in [5.41, 5.74) is 0.626. The summed E-state index contributed by atoms with van der Waals surface area (Å²) < 4.78 is 1.56. The molecule has 3 rings (SSSR count). The van der Waals surface area contributed by atoms with Crippen molar-refractivity contribution in [2.45, 2.75) is 12.8 Å². The molecule has 1 saturated heterocycles. The Morgan fingerprint density at radius 3 is 2.67 bits per heavy atom. The molecule has 0 unspecified atom stereocenters. The molecule has 1 amide bonds. The van der Waals surface area contributed by atoms with Gasteiger partial charge in [0.05, 0.1) is 5.56 Å². The van der Waals surface area contributed by atoms with Crippen molar-refractivity contribution >= 4 is 5.91 Å². The monoisotopic (exact) mass is 243 g/mol. The van der Waals surface area contributed by atoms with Gasteiger partial charge in [0.1, 0.15) is 12.7 Å². The van der Waals surface area contributed by atoms with Crippen LogP contribution in [-0.4, -0.2) is 43.6 Å². The number of hydrogen-bond acceptors (Lipinski definition) is 4. The van der Waals surface area contributed by atoms with Crippen LogP contribution >= 0.6 is 0 Å². The fourth-order valence-electron chi connectivity index (χ4n) is 2.08. The summed E-state index contributed by atoms with van der Waals surface area (Å²) in [6.07, 6.45) is 6.80. The fraction of sp³-hybridized carbons (Fsp3) is 0.333. The van der Waals surface area contributed by atoms with E-state index in [4.69, 9.17) is 0 Å². The zero-order valence-corrected chi connectivity index (χ0v) is 9.86. The Labute approximate surface area is 104 Å². The van der Waals surface area contributed by atoms with Gasteiger partial charge in [-0.3, -0.25) is 4.79 Å². The molecule has 0 radical (unpaired) electrons. The molecule has 0 saturated carbocycles. The third-order valence-corrected chi connectivity index (χ3v) is 3.04. The average Bonchev–Trinajstić information content (AvgIpc) is 3.11. The third-order valence-electron chi connectivity index (χ3n) is 3.04. The molecule has 0 bridgehead atoms. The maximum Gasteiger partial charge on any atom is 0.255 e. The molecule has 0 atom stereocenters. The van der Waals surface area contributed by atoms with Crippen molar-refractivity contribution in [1.29, 1.82) is 0 Å². The second-order valence-electron chi connectivity index (χ2n) is 4.24. The van der Waals surface area contributed by atoms with E-state index in [1.165, 1.54) is 6.33 Å². The lowest BCUT2D eigenvalue weighted by atomic mass is 10.2. The molecule has 6 heteroatoms. The normalized spacial score (nSPS) is 15.0. The lowest BCUT2D eigenvalue weighted by Crippen LogP contribution is -2.27. The Morgan fingerprint density at radius 1 is 1.22 bits per heavy atom. The highest BCUT2D eigenvalue weighted by molar-refractivity contribution is 5.94. The van der Waals surface area contributed by atoms with E-state index >= 15 is 0 Å². The molecule has 18 heavy (non-hydrogen) atoms. The van der Waals surface area contributed by atoms with E-state index in [0.717, 1.165) is 25.9 Å². The van der Waals surface area contributed by atoms with Crippen LogP contribution in [0.1, 0.15) is 23.2 Å². The first-order valence-electron chi connectivity index (χ1n) is 5.95. The molecule has 0 aliphatic carbocycles. The molecular weight excluding hydrogens is 230 g/mol. The number of amides is 1. The maximum absolute atomic E-state index is 12.1. The van der Waals surface area contributed by atoms with Crippen LogP contribution < -0.4 is 0 Å². The molecule has 1 fully saturated rings. The molecule has 92 valence electrons. The minimum atomic E-state index is 0.0603. The number of hydrogen-bond donors (Lipinski definition) is 0. The topological polar surface area (TPSA) is 63.9 Å². The summed E-state index contributed by atoms with van der Waals surface area (Å²) in [6, 6.07) is 3.56. The molecule has 2 aromatic rings. The highest BCUT2D eigenvalue weighted by Gasteiger charge is 2.19. The largest absolute Gasteiger partial charge is 0.339 e. The van der Waals surface area contributed by atoms with Gasteiger partial charge in [0.15, 0.2) is 5.82 Å². The van der Waals surface area contributed by atoms with Crippen LogP contribution in [0.4, 0.5) is 0 Å². The predicted molar refractivity (Wildman–Crippen MR) is 64.3 cm³/mol. The van der Waals surface area contributed by atoms with E-state index in [-0.39, 0.29) is 5.91 Å². The van der Waals surface area contributed by atoms with Crippen molar-refractivity contribution in [3.8, 4) is 5.82 Å². The second-order valence-corrected chi connectivity index (χ2v) is 4.24. The van der Waals surface area contributed by atoms with Crippen LogP contribution in [0.2, 0.25) is 0 Å². The summed E-state index contributed by atoms with van der Waals surface area (Å²) in [7, 11) is 0. The molecule has 3 heterocycles. The van der Waals surface area contributed by atoms with Crippen LogP contribution in [0.5, 0.6) is 0 Å². The van der Waals surface area contributed by atoms with Gasteiger partial charge < -0.3 is 4.90 Å². The van der Waals surface area contributed by atoms with Gasteiger partial charge in [-0.05, 0) is 25.0 Å². The standard InChI is InChI=1S/C12H13N5O/c18-12(16-5-1-2-6-16)10-3-4-11(14-7-10)17-9-13-8-15-17/h3-4,7-9H,1-2,5-6H2. The zero-order chi connectivity index (χ0) is 12.4. The van der Waals surface area contributed by atoms with Crippen LogP contribution in [0.15, 0.2) is 31.0 Å². The summed E-state index contributed by atoms with van der Waals surface area (Å²) in [5, 5.41) is 3.99. The Bertz CT molecular complexity index is 528. The third kappa shape index (κ3) is 1.97. The molecule has 2 aromatic heterocycles. The molecular formula is C12H13N5O. The minimum absolute atomic E-state index is 0.0603. The predicted octanol–water partition coefficient (Wildman–Crippen LogP) is 0.898. The van der Waals surface area contributed by atoms with E-state index in [2.05, 4.69) is 15.1 Å². The number of aromatic nitrogens is 4. The lowest BCUT2D eigenvalue weighted by molar-refractivity contribution is 0.0792. The maximum atomic E-state index is 12.1. The van der Waals surface area contributed by atoms with Crippen molar-refractivity contribution in [1.82, 2.24) is 24.6 Å². The van der Waals surface area contributed by atoms with Crippen molar-refractivity contribution in [2.75, 3.05) is 13.1 Å². The summed E-state index contributed by atoms with van der Waals surface area (Å²) in [5.74, 6) is 0.718. The van der Waals surface area contributed by atoms with Gasteiger partial charge >= 0.3 is 0 Å². The number of carbonyl (C=O) groups excluding carboxylic acids is 1. The molecule has 0 spiro atoms. The van der Waals surface area contributed by atoms with E-state index in [1.54, 1.807) is 29.3 Å². The van der Waals surface area contributed by atoms with Gasteiger partial charge in [0.2, 0.25) is 0 Å². The molecule has 6 nitrogen and oxygen atoms in total. The fourth-order valence-corrected chi connectivity index (χ4v) is 2.08. The van der Waals surface area contributed by atoms with Crippen LogP contribution in [0.25, 0.3) is 5.82 Å². The molecule has 1 aliphatic rings. The number of nitrogens with zero attached hydrogens (tertiary/aromatic N) is 5. The van der Waals surface area contributed by atoms with Crippen LogP contribution in [0, 0.1) is 0 Å². The van der Waals surface area contributed by atoms with Crippen molar-refractivity contribution < 1.29 is 4.79 Å². The van der Waals surface area contributed by atoms with E-state index in [1.807, 2.05) is 4.90 Å². The van der Waals surface area contributed by atoms with Crippen LogP contribution in [-0.2, 0) is 0 Å². The molecule has 1 aliphatic heterocycles. The Morgan fingerprint density at radius 2 is 2.06 bits per heavy atom. The van der Waals surface area contributed by atoms with E-state index < -0.39 is 0 Å².